The first-order valence-electron chi connectivity index (χ1n) is 16.2. The van der Waals surface area contributed by atoms with Gasteiger partial charge < -0.3 is 25.2 Å². The van der Waals surface area contributed by atoms with Gasteiger partial charge in [-0.3, -0.25) is 0 Å². The summed E-state index contributed by atoms with van der Waals surface area (Å²) in [4.78, 5) is 2.66. The smallest absolute Gasteiger partial charge is 0.184 e. The molecule has 1 saturated heterocycles. The molecule has 224 valence electrons. The molecule has 0 spiro atoms. The van der Waals surface area contributed by atoms with Crippen molar-refractivity contribution in [2.45, 2.75) is 129 Å². The molecule has 40 heavy (non-hydrogen) atoms. The second-order valence-electron chi connectivity index (χ2n) is 11.6. The van der Waals surface area contributed by atoms with Crippen LogP contribution in [0.4, 0.5) is 0 Å². The minimum atomic E-state index is -0.405. The number of hydrogen-bond acceptors (Lipinski definition) is 5. The van der Waals surface area contributed by atoms with E-state index in [0.29, 0.717) is 6.54 Å². The van der Waals surface area contributed by atoms with Gasteiger partial charge in [0.1, 0.15) is 0 Å². The van der Waals surface area contributed by atoms with Crippen molar-refractivity contribution in [3.05, 3.63) is 70.8 Å². The van der Waals surface area contributed by atoms with Crippen molar-refractivity contribution in [2.75, 3.05) is 19.6 Å². The van der Waals surface area contributed by atoms with Crippen molar-refractivity contribution in [3.63, 3.8) is 0 Å². The van der Waals surface area contributed by atoms with E-state index in [1.54, 1.807) is 0 Å². The first kappa shape index (κ1) is 32.8. The Labute approximate surface area is 244 Å². The van der Waals surface area contributed by atoms with Crippen LogP contribution in [0.3, 0.4) is 0 Å². The van der Waals surface area contributed by atoms with Gasteiger partial charge in [0.05, 0.1) is 18.8 Å². The van der Waals surface area contributed by atoms with Crippen molar-refractivity contribution >= 4 is 0 Å². The zero-order valence-electron chi connectivity index (χ0n) is 25.4. The summed E-state index contributed by atoms with van der Waals surface area (Å²) in [5.74, 6) is 0. The van der Waals surface area contributed by atoms with Gasteiger partial charge in [-0.25, -0.2) is 0 Å². The van der Waals surface area contributed by atoms with Crippen LogP contribution in [0, 0.1) is 0 Å². The Morgan fingerprint density at radius 3 is 1.77 bits per heavy atom. The molecule has 1 heterocycles. The lowest BCUT2D eigenvalue weighted by molar-refractivity contribution is -0.253. The highest BCUT2D eigenvalue weighted by molar-refractivity contribution is 5.26. The van der Waals surface area contributed by atoms with Gasteiger partial charge in [-0.1, -0.05) is 127 Å². The summed E-state index contributed by atoms with van der Waals surface area (Å²) < 4.78 is 13.2. The van der Waals surface area contributed by atoms with E-state index in [4.69, 9.17) is 15.2 Å². The summed E-state index contributed by atoms with van der Waals surface area (Å²) in [6.07, 6.45) is 16.3. The van der Waals surface area contributed by atoms with Crippen LogP contribution >= 0.6 is 0 Å². The highest BCUT2D eigenvalue weighted by Gasteiger charge is 2.33. The molecule has 5 heteroatoms. The molecule has 2 aromatic carbocycles. The summed E-state index contributed by atoms with van der Waals surface area (Å²) in [6, 6.07) is 16.5. The molecule has 3 atom stereocenters. The lowest BCUT2D eigenvalue weighted by atomic mass is 9.99. The van der Waals surface area contributed by atoms with E-state index in [1.165, 1.54) is 77.0 Å². The molecule has 0 radical (unpaired) electrons. The minimum absolute atomic E-state index is 0.0457. The number of nitrogens with zero attached hydrogens (tertiary/aromatic N) is 1. The largest absolute Gasteiger partial charge is 0.392 e. The quantitative estimate of drug-likeness (QED) is 0.162. The third-order valence-electron chi connectivity index (χ3n) is 8.22. The molecule has 0 unspecified atom stereocenters. The maximum absolute atomic E-state index is 9.51. The molecule has 0 aromatic heterocycles. The third kappa shape index (κ3) is 11.6. The molecule has 2 aromatic rings. The van der Waals surface area contributed by atoms with Gasteiger partial charge in [0.2, 0.25) is 0 Å². The molecule has 3 N–H and O–H groups in total. The Hall–Kier alpha value is -1.76. The zero-order chi connectivity index (χ0) is 28.4. The Morgan fingerprint density at radius 2 is 1.23 bits per heavy atom. The predicted molar refractivity (Wildman–Crippen MR) is 166 cm³/mol. The van der Waals surface area contributed by atoms with E-state index < -0.39 is 6.29 Å². The van der Waals surface area contributed by atoms with Crippen LogP contribution in [0.25, 0.3) is 0 Å². The summed E-state index contributed by atoms with van der Waals surface area (Å²) >= 11 is 0. The molecular formula is C35H56N2O3. The van der Waals surface area contributed by atoms with Crippen molar-refractivity contribution in [3.8, 4) is 0 Å². The van der Waals surface area contributed by atoms with E-state index in [0.717, 1.165) is 48.3 Å². The molecule has 1 aliphatic rings. The monoisotopic (exact) mass is 552 g/mol. The number of aliphatic hydroxyl groups excluding tert-OH is 1. The third-order valence-corrected chi connectivity index (χ3v) is 8.22. The van der Waals surface area contributed by atoms with Crippen molar-refractivity contribution in [1.82, 2.24) is 4.90 Å². The van der Waals surface area contributed by atoms with Gasteiger partial charge in [-0.05, 0) is 42.6 Å². The second-order valence-corrected chi connectivity index (χ2v) is 11.6. The first-order valence-corrected chi connectivity index (χ1v) is 16.2. The summed E-state index contributed by atoms with van der Waals surface area (Å²) in [6.45, 7) is 8.38. The van der Waals surface area contributed by atoms with E-state index in [-0.39, 0.29) is 18.8 Å². The summed E-state index contributed by atoms with van der Waals surface area (Å²) in [5, 5.41) is 9.51. The fraction of sp³-hybridized carbons (Fsp3) is 0.657. The van der Waals surface area contributed by atoms with Gasteiger partial charge in [-0.2, -0.15) is 0 Å². The van der Waals surface area contributed by atoms with Gasteiger partial charge >= 0.3 is 0 Å². The Bertz CT molecular complexity index is 830. The molecule has 1 aliphatic heterocycles. The molecule has 1 fully saturated rings. The van der Waals surface area contributed by atoms with Crippen LogP contribution in [0.2, 0.25) is 0 Å². The molecular weight excluding hydrogens is 496 g/mol. The minimum Gasteiger partial charge on any atom is -0.392 e. The highest BCUT2D eigenvalue weighted by Crippen LogP contribution is 2.38. The summed E-state index contributed by atoms with van der Waals surface area (Å²) in [5.41, 5.74) is 10.1. The normalized spacial score (nSPS) is 19.4. The summed E-state index contributed by atoms with van der Waals surface area (Å²) in [7, 11) is 0. The predicted octanol–water partition coefficient (Wildman–Crippen LogP) is 8.21. The molecule has 0 amide bonds. The maximum atomic E-state index is 9.51. The highest BCUT2D eigenvalue weighted by atomic mass is 16.7. The van der Waals surface area contributed by atoms with Crippen molar-refractivity contribution in [2.24, 2.45) is 5.73 Å². The van der Waals surface area contributed by atoms with Crippen LogP contribution < -0.4 is 5.73 Å². The fourth-order valence-corrected chi connectivity index (χ4v) is 5.66. The molecule has 3 rings (SSSR count). The zero-order valence-corrected chi connectivity index (χ0v) is 25.4. The number of rotatable bonds is 20. The van der Waals surface area contributed by atoms with Crippen molar-refractivity contribution < 1.29 is 14.6 Å². The van der Waals surface area contributed by atoms with Gasteiger partial charge in [0.25, 0.3) is 0 Å². The second kappa shape index (κ2) is 19.4. The van der Waals surface area contributed by atoms with Gasteiger partial charge in [-0.15, -0.1) is 0 Å². The van der Waals surface area contributed by atoms with Crippen molar-refractivity contribution in [1.29, 1.82) is 0 Å². The molecule has 5 nitrogen and oxygen atoms in total. The number of nitrogens with two attached hydrogens (primary N) is 1. The number of hydrogen-bond donors (Lipinski definition) is 2. The lowest BCUT2D eigenvalue weighted by Crippen LogP contribution is -2.40. The molecule has 0 saturated carbocycles. The topological polar surface area (TPSA) is 68.0 Å². The van der Waals surface area contributed by atoms with Crippen LogP contribution in [0.5, 0.6) is 0 Å². The van der Waals surface area contributed by atoms with Crippen LogP contribution in [-0.4, -0.2) is 35.7 Å². The SMILES string of the molecule is CCCCCCCCN(CCCCCCCC)C[C@@H]1C[C@H](c2ccc(CO)cc2)O[C@H](c2ccc(CN)cc2)O1. The number of unbranched alkanes of at least 4 members (excludes halogenated alkanes) is 10. The number of ether oxygens (including phenoxy) is 2. The van der Waals surface area contributed by atoms with E-state index >= 15 is 0 Å². The van der Waals surface area contributed by atoms with Crippen LogP contribution in [-0.2, 0) is 22.6 Å². The first-order chi connectivity index (χ1) is 19.7. The molecule has 0 aliphatic carbocycles. The average molecular weight is 553 g/mol. The van der Waals surface area contributed by atoms with Crippen LogP contribution in [0.1, 0.15) is 132 Å². The van der Waals surface area contributed by atoms with E-state index in [9.17, 15) is 5.11 Å². The number of benzene rings is 2. The Kier molecular flexibility index (Phi) is 15.9. The standard InChI is InChI=1S/C35H56N2O3/c1-3-5-7-9-11-13-23-37(24-14-12-10-8-6-4-2)27-33-25-34(31-19-17-30(28-38)18-20-31)40-35(39-33)32-21-15-29(26-36)16-22-32/h15-22,33-35,38H,3-14,23-28,36H2,1-2H3/t33-,34+,35+/m0/s1. The Morgan fingerprint density at radius 1 is 0.700 bits per heavy atom. The van der Waals surface area contributed by atoms with Gasteiger partial charge in [0, 0.05) is 25.1 Å². The van der Waals surface area contributed by atoms with Crippen LogP contribution in [0.15, 0.2) is 48.5 Å². The maximum Gasteiger partial charge on any atom is 0.184 e. The van der Waals surface area contributed by atoms with E-state index in [2.05, 4.69) is 55.1 Å². The lowest BCUT2D eigenvalue weighted by Gasteiger charge is -2.38. The van der Waals surface area contributed by atoms with Gasteiger partial charge in [0.15, 0.2) is 6.29 Å². The number of aliphatic hydroxyl groups is 1. The average Bonchev–Trinajstić information content (AvgIpc) is 3.00. The Balaban J connectivity index is 1.68. The van der Waals surface area contributed by atoms with E-state index in [1.807, 2.05) is 12.1 Å². The fourth-order valence-electron chi connectivity index (χ4n) is 5.66. The molecule has 0 bridgehead atoms.